The lowest BCUT2D eigenvalue weighted by Crippen LogP contribution is -2.45. The molecule has 4 nitrogen and oxygen atoms in total. The summed E-state index contributed by atoms with van der Waals surface area (Å²) in [5.41, 5.74) is -0.373. The molecule has 0 spiro atoms. The Balaban J connectivity index is 2.02. The van der Waals surface area contributed by atoms with E-state index in [1.165, 1.54) is 7.11 Å². The number of carbonyl (C=O) groups excluding carboxylic acids is 1. The molecule has 18 heavy (non-hydrogen) atoms. The van der Waals surface area contributed by atoms with E-state index in [0.29, 0.717) is 6.42 Å². The van der Waals surface area contributed by atoms with Crippen LogP contribution in [0.1, 0.15) is 25.7 Å². The summed E-state index contributed by atoms with van der Waals surface area (Å²) in [6, 6.07) is 7.41. The van der Waals surface area contributed by atoms with Gasteiger partial charge in [0.15, 0.2) is 0 Å². The third kappa shape index (κ3) is 2.75. The van der Waals surface area contributed by atoms with Crippen LogP contribution in [0.4, 0.5) is 0 Å². The van der Waals surface area contributed by atoms with Gasteiger partial charge in [-0.3, -0.25) is 4.79 Å². The Hall–Kier alpha value is -1.71. The molecule has 98 valence electrons. The average molecular weight is 250 g/mol. The predicted octanol–water partition coefficient (Wildman–Crippen LogP) is 2.56. The van der Waals surface area contributed by atoms with Gasteiger partial charge in [0.2, 0.25) is 0 Å². The van der Waals surface area contributed by atoms with Crippen molar-refractivity contribution in [2.75, 3.05) is 14.2 Å². The van der Waals surface area contributed by atoms with E-state index in [1.807, 2.05) is 24.3 Å². The quantitative estimate of drug-likeness (QED) is 0.753. The van der Waals surface area contributed by atoms with Crippen LogP contribution in [0.5, 0.6) is 11.5 Å². The molecule has 2 rings (SSSR count). The Kier molecular flexibility index (Phi) is 3.75. The zero-order valence-corrected chi connectivity index (χ0v) is 10.8. The molecule has 4 heteroatoms. The van der Waals surface area contributed by atoms with Gasteiger partial charge in [-0.05, 0) is 43.5 Å². The summed E-state index contributed by atoms with van der Waals surface area (Å²) in [4.78, 5) is 11.4. The maximum atomic E-state index is 11.4. The molecule has 0 amide bonds. The van der Waals surface area contributed by atoms with E-state index in [0.717, 1.165) is 30.8 Å². The molecule has 1 fully saturated rings. The van der Waals surface area contributed by atoms with E-state index >= 15 is 0 Å². The molecule has 0 heterocycles. The molecule has 1 aliphatic rings. The average Bonchev–Trinajstić information content (AvgIpc) is 2.36. The van der Waals surface area contributed by atoms with Crippen LogP contribution < -0.4 is 9.47 Å². The second kappa shape index (κ2) is 5.29. The van der Waals surface area contributed by atoms with E-state index in [9.17, 15) is 4.79 Å². The number of esters is 1. The van der Waals surface area contributed by atoms with Crippen molar-refractivity contribution in [3.63, 3.8) is 0 Å². The van der Waals surface area contributed by atoms with E-state index in [2.05, 4.69) is 0 Å². The molecule has 1 aliphatic carbocycles. The first-order valence-electron chi connectivity index (χ1n) is 6.07. The highest BCUT2D eigenvalue weighted by Gasteiger charge is 2.41. The summed E-state index contributed by atoms with van der Waals surface area (Å²) in [5, 5.41) is 0. The summed E-state index contributed by atoms with van der Waals surface area (Å²) in [6.07, 6.45) is 3.20. The molecule has 0 saturated heterocycles. The summed E-state index contributed by atoms with van der Waals surface area (Å²) in [7, 11) is 3.03. The van der Waals surface area contributed by atoms with Gasteiger partial charge in [0, 0.05) is 0 Å². The molecule has 0 atom stereocenters. The Morgan fingerprint density at radius 2 is 1.78 bits per heavy atom. The van der Waals surface area contributed by atoms with Crippen molar-refractivity contribution in [1.29, 1.82) is 0 Å². The highest BCUT2D eigenvalue weighted by molar-refractivity contribution is 5.70. The Labute approximate surface area is 107 Å². The van der Waals surface area contributed by atoms with Gasteiger partial charge in [-0.1, -0.05) is 0 Å². The Morgan fingerprint density at radius 3 is 2.22 bits per heavy atom. The van der Waals surface area contributed by atoms with Gasteiger partial charge in [-0.2, -0.15) is 0 Å². The molecule has 1 aromatic carbocycles. The first-order valence-corrected chi connectivity index (χ1v) is 6.07. The monoisotopic (exact) mass is 250 g/mol. The van der Waals surface area contributed by atoms with E-state index in [-0.39, 0.29) is 11.6 Å². The molecule has 1 saturated carbocycles. The van der Waals surface area contributed by atoms with Crippen molar-refractivity contribution in [3.8, 4) is 11.5 Å². The minimum absolute atomic E-state index is 0.219. The highest BCUT2D eigenvalue weighted by Crippen LogP contribution is 2.39. The summed E-state index contributed by atoms with van der Waals surface area (Å²) >= 11 is 0. The number of methoxy groups -OCH3 is 2. The Morgan fingerprint density at radius 1 is 1.17 bits per heavy atom. The smallest absolute Gasteiger partial charge is 0.309 e. The number of benzene rings is 1. The van der Waals surface area contributed by atoms with Crippen LogP contribution in [0.2, 0.25) is 0 Å². The fraction of sp³-hybridized carbons (Fsp3) is 0.500. The highest BCUT2D eigenvalue weighted by atomic mass is 16.5. The first kappa shape index (κ1) is 12.7. The third-order valence-corrected chi connectivity index (χ3v) is 3.35. The van der Waals surface area contributed by atoms with E-state index in [4.69, 9.17) is 14.2 Å². The number of ether oxygens (including phenoxy) is 3. The molecule has 1 aromatic rings. The lowest BCUT2D eigenvalue weighted by atomic mass is 9.77. The molecular formula is C14H18O4. The van der Waals surface area contributed by atoms with Crippen LogP contribution in [0.25, 0.3) is 0 Å². The second-order valence-electron chi connectivity index (χ2n) is 4.57. The lowest BCUT2D eigenvalue weighted by Gasteiger charge is -2.41. The molecule has 0 radical (unpaired) electrons. The standard InChI is InChI=1S/C14H18O4/c1-16-11-4-6-12(7-5-11)18-14(8-3-9-14)10-13(15)17-2/h4-7H,3,8-10H2,1-2H3. The first-order chi connectivity index (χ1) is 8.67. The number of hydrogen-bond donors (Lipinski definition) is 0. The molecule has 0 bridgehead atoms. The summed E-state index contributed by atoms with van der Waals surface area (Å²) < 4.78 is 15.8. The van der Waals surface area contributed by atoms with Crippen LogP contribution in [0.15, 0.2) is 24.3 Å². The van der Waals surface area contributed by atoms with E-state index in [1.54, 1.807) is 7.11 Å². The van der Waals surface area contributed by atoms with Crippen molar-refractivity contribution in [2.45, 2.75) is 31.3 Å². The normalized spacial score (nSPS) is 16.6. The number of hydrogen-bond acceptors (Lipinski definition) is 4. The van der Waals surface area contributed by atoms with Crippen LogP contribution in [-0.2, 0) is 9.53 Å². The van der Waals surface area contributed by atoms with Gasteiger partial charge >= 0.3 is 5.97 Å². The fourth-order valence-electron chi connectivity index (χ4n) is 2.12. The number of carbonyl (C=O) groups is 1. The minimum Gasteiger partial charge on any atom is -0.497 e. The van der Waals surface area contributed by atoms with Gasteiger partial charge in [0.05, 0.1) is 20.6 Å². The third-order valence-electron chi connectivity index (χ3n) is 3.35. The fourth-order valence-corrected chi connectivity index (χ4v) is 2.12. The van der Waals surface area contributed by atoms with Gasteiger partial charge in [-0.15, -0.1) is 0 Å². The van der Waals surface area contributed by atoms with Crippen LogP contribution in [-0.4, -0.2) is 25.8 Å². The van der Waals surface area contributed by atoms with Crippen molar-refractivity contribution in [1.82, 2.24) is 0 Å². The maximum Gasteiger partial charge on any atom is 0.309 e. The van der Waals surface area contributed by atoms with Gasteiger partial charge in [-0.25, -0.2) is 0 Å². The van der Waals surface area contributed by atoms with Crippen molar-refractivity contribution in [3.05, 3.63) is 24.3 Å². The SMILES string of the molecule is COC(=O)CC1(Oc2ccc(OC)cc2)CCC1. The van der Waals surface area contributed by atoms with Gasteiger partial charge in [0.1, 0.15) is 17.1 Å². The molecular weight excluding hydrogens is 232 g/mol. The predicted molar refractivity (Wildman–Crippen MR) is 66.8 cm³/mol. The maximum absolute atomic E-state index is 11.4. The molecule has 0 aliphatic heterocycles. The van der Waals surface area contributed by atoms with Crippen molar-refractivity contribution < 1.29 is 19.0 Å². The van der Waals surface area contributed by atoms with Gasteiger partial charge < -0.3 is 14.2 Å². The van der Waals surface area contributed by atoms with Crippen molar-refractivity contribution in [2.24, 2.45) is 0 Å². The summed E-state index contributed by atoms with van der Waals surface area (Å²) in [6.45, 7) is 0. The van der Waals surface area contributed by atoms with Crippen LogP contribution in [0, 0.1) is 0 Å². The van der Waals surface area contributed by atoms with Crippen LogP contribution >= 0.6 is 0 Å². The Bertz CT molecular complexity index is 406. The zero-order chi connectivity index (χ0) is 13.0. The summed E-state index contributed by atoms with van der Waals surface area (Å²) in [5.74, 6) is 1.33. The zero-order valence-electron chi connectivity index (χ0n) is 10.8. The van der Waals surface area contributed by atoms with Gasteiger partial charge in [0.25, 0.3) is 0 Å². The lowest BCUT2D eigenvalue weighted by molar-refractivity contribution is -0.148. The number of rotatable bonds is 5. The minimum atomic E-state index is -0.373. The second-order valence-corrected chi connectivity index (χ2v) is 4.57. The molecule has 0 aromatic heterocycles. The molecule has 0 unspecified atom stereocenters. The van der Waals surface area contributed by atoms with E-state index < -0.39 is 0 Å². The largest absolute Gasteiger partial charge is 0.497 e. The topological polar surface area (TPSA) is 44.8 Å². The molecule has 0 N–H and O–H groups in total. The van der Waals surface area contributed by atoms with Crippen molar-refractivity contribution >= 4 is 5.97 Å². The van der Waals surface area contributed by atoms with Crippen LogP contribution in [0.3, 0.4) is 0 Å².